The van der Waals surface area contributed by atoms with E-state index < -0.39 is 17.7 Å². The van der Waals surface area contributed by atoms with Crippen molar-refractivity contribution in [3.05, 3.63) is 0 Å². The summed E-state index contributed by atoms with van der Waals surface area (Å²) in [6.45, 7) is 11.1. The fraction of sp³-hybridized carbons (Fsp3) is 0.903. The summed E-state index contributed by atoms with van der Waals surface area (Å²) in [6, 6.07) is 0. The van der Waals surface area contributed by atoms with Gasteiger partial charge in [-0.15, -0.1) is 0 Å². The van der Waals surface area contributed by atoms with Crippen LogP contribution in [0, 0.1) is 0 Å². The Balaban J connectivity index is 4.03. The van der Waals surface area contributed by atoms with Gasteiger partial charge < -0.3 is 67.5 Å². The minimum Gasteiger partial charge on any atom is -0.458 e. The summed E-state index contributed by atoms with van der Waals surface area (Å²) < 4.78 is 63.9. The topological polar surface area (TPSA) is 186 Å². The Kier molecular flexibility index (Phi) is 32.1. The first-order valence-electron chi connectivity index (χ1n) is 16.1. The van der Waals surface area contributed by atoms with Gasteiger partial charge in [0.1, 0.15) is 31.5 Å². The predicted molar refractivity (Wildman–Crippen MR) is 172 cm³/mol. The zero-order chi connectivity index (χ0) is 35.6. The van der Waals surface area contributed by atoms with Gasteiger partial charge in [0.25, 0.3) is 0 Å². The summed E-state index contributed by atoms with van der Waals surface area (Å²) in [5, 5.41) is 5.40. The molecule has 0 heterocycles. The largest absolute Gasteiger partial charge is 0.458 e. The molecule has 0 aromatic heterocycles. The molecule has 0 atom stereocenters. The standard InChI is InChI=1S/C31H60N2O15/c1-31(2,3)48-30(36)26-47-27(22-43-18-14-39-8-6-32-28(34)24-45-20-16-41-12-10-37-4)23-44-19-15-40-9-7-33-29(35)25-46-21-17-42-13-11-38-5/h27H,6-26H2,1-5H3,(H,32,34)(H,33,35). The molecule has 0 aromatic rings. The van der Waals surface area contributed by atoms with Crippen LogP contribution in [0.4, 0.5) is 0 Å². The lowest BCUT2D eigenvalue weighted by Gasteiger charge is -2.22. The minimum atomic E-state index is -0.630. The van der Waals surface area contributed by atoms with E-state index in [9.17, 15) is 14.4 Å². The quantitative estimate of drug-likeness (QED) is 0.0629. The molecular weight excluding hydrogens is 640 g/mol. The summed E-state index contributed by atoms with van der Waals surface area (Å²) in [7, 11) is 3.19. The van der Waals surface area contributed by atoms with Gasteiger partial charge in [-0.3, -0.25) is 9.59 Å². The van der Waals surface area contributed by atoms with E-state index in [-0.39, 0.29) is 58.1 Å². The van der Waals surface area contributed by atoms with E-state index in [2.05, 4.69) is 10.6 Å². The maximum absolute atomic E-state index is 12.1. The summed E-state index contributed by atoms with van der Waals surface area (Å²) in [5.41, 5.74) is -0.630. The molecule has 48 heavy (non-hydrogen) atoms. The van der Waals surface area contributed by atoms with Gasteiger partial charge in [-0.2, -0.15) is 0 Å². The number of esters is 1. The Morgan fingerprint density at radius 3 is 1.29 bits per heavy atom. The Morgan fingerprint density at radius 2 is 0.875 bits per heavy atom. The first-order chi connectivity index (χ1) is 23.2. The van der Waals surface area contributed by atoms with Crippen LogP contribution in [-0.4, -0.2) is 182 Å². The number of rotatable bonds is 35. The van der Waals surface area contributed by atoms with Crippen molar-refractivity contribution in [3.8, 4) is 0 Å². The summed E-state index contributed by atoms with van der Waals surface area (Å²) in [5.74, 6) is -0.984. The zero-order valence-electron chi connectivity index (χ0n) is 29.6. The molecule has 2 N–H and O–H groups in total. The Bertz CT molecular complexity index is 725. The van der Waals surface area contributed by atoms with Crippen molar-refractivity contribution in [2.75, 3.05) is 153 Å². The van der Waals surface area contributed by atoms with E-state index in [0.717, 1.165) is 0 Å². The van der Waals surface area contributed by atoms with Gasteiger partial charge in [0, 0.05) is 27.3 Å². The molecule has 0 bridgehead atoms. The fourth-order valence-electron chi connectivity index (χ4n) is 3.25. The third-order valence-corrected chi connectivity index (χ3v) is 5.42. The van der Waals surface area contributed by atoms with Crippen LogP contribution in [0.2, 0.25) is 0 Å². The van der Waals surface area contributed by atoms with E-state index in [1.54, 1.807) is 35.0 Å². The highest BCUT2D eigenvalue weighted by Gasteiger charge is 2.19. The number of carbonyl (C=O) groups is 3. The van der Waals surface area contributed by atoms with Gasteiger partial charge in [0.05, 0.1) is 106 Å². The number of amides is 2. The van der Waals surface area contributed by atoms with Gasteiger partial charge >= 0.3 is 5.97 Å². The maximum Gasteiger partial charge on any atom is 0.332 e. The molecule has 284 valence electrons. The molecule has 0 unspecified atom stereocenters. The molecule has 0 aliphatic carbocycles. The van der Waals surface area contributed by atoms with Gasteiger partial charge in [-0.05, 0) is 20.8 Å². The van der Waals surface area contributed by atoms with Crippen LogP contribution in [0.15, 0.2) is 0 Å². The smallest absolute Gasteiger partial charge is 0.332 e. The molecule has 0 aliphatic heterocycles. The molecule has 0 saturated carbocycles. The van der Waals surface area contributed by atoms with Crippen LogP contribution in [0.1, 0.15) is 20.8 Å². The monoisotopic (exact) mass is 700 g/mol. The first-order valence-corrected chi connectivity index (χ1v) is 16.1. The molecule has 0 aliphatic rings. The van der Waals surface area contributed by atoms with Crippen molar-refractivity contribution in [2.45, 2.75) is 32.5 Å². The third kappa shape index (κ3) is 35.3. The third-order valence-electron chi connectivity index (χ3n) is 5.42. The lowest BCUT2D eigenvalue weighted by atomic mass is 10.2. The van der Waals surface area contributed by atoms with Crippen molar-refractivity contribution >= 4 is 17.8 Å². The van der Waals surface area contributed by atoms with Crippen LogP contribution in [-0.2, 0) is 71.2 Å². The summed E-state index contributed by atoms with van der Waals surface area (Å²) >= 11 is 0. The second-order valence-corrected chi connectivity index (χ2v) is 10.9. The molecular formula is C31H60N2O15. The fourth-order valence-corrected chi connectivity index (χ4v) is 3.25. The molecule has 0 fully saturated rings. The van der Waals surface area contributed by atoms with E-state index in [4.69, 9.17) is 56.8 Å². The average molecular weight is 701 g/mol. The van der Waals surface area contributed by atoms with E-state index in [1.165, 1.54) is 0 Å². The SMILES string of the molecule is COCCOCCOCC(=O)NCCOCCOCC(COCCOCCNC(=O)COCCOCCOC)OCC(=O)OC(C)(C)C. The molecule has 0 spiro atoms. The van der Waals surface area contributed by atoms with Gasteiger partial charge in [0.2, 0.25) is 11.8 Å². The highest BCUT2D eigenvalue weighted by Crippen LogP contribution is 2.07. The van der Waals surface area contributed by atoms with Crippen molar-refractivity contribution in [1.29, 1.82) is 0 Å². The molecule has 17 heteroatoms. The maximum atomic E-state index is 12.1. The Morgan fingerprint density at radius 1 is 0.500 bits per heavy atom. The number of hydrogen-bond acceptors (Lipinski definition) is 15. The normalized spacial score (nSPS) is 11.6. The lowest BCUT2D eigenvalue weighted by molar-refractivity contribution is -0.165. The molecule has 0 saturated heterocycles. The predicted octanol–water partition coefficient (Wildman–Crippen LogP) is -0.629. The van der Waals surface area contributed by atoms with Crippen LogP contribution in [0.25, 0.3) is 0 Å². The zero-order valence-corrected chi connectivity index (χ0v) is 29.6. The summed E-state index contributed by atoms with van der Waals surface area (Å²) in [6.07, 6.45) is -0.535. The number of carbonyl (C=O) groups excluding carboxylic acids is 3. The highest BCUT2D eigenvalue weighted by atomic mass is 16.6. The second-order valence-electron chi connectivity index (χ2n) is 10.9. The van der Waals surface area contributed by atoms with E-state index in [1.807, 2.05) is 0 Å². The molecule has 0 rings (SSSR count). The van der Waals surface area contributed by atoms with Gasteiger partial charge in [0.15, 0.2) is 0 Å². The lowest BCUT2D eigenvalue weighted by Crippen LogP contribution is -2.33. The van der Waals surface area contributed by atoms with Crippen LogP contribution < -0.4 is 10.6 Å². The number of hydrogen-bond donors (Lipinski definition) is 2. The first kappa shape index (κ1) is 46.0. The highest BCUT2D eigenvalue weighted by molar-refractivity contribution is 5.77. The number of nitrogens with one attached hydrogen (secondary N) is 2. The second kappa shape index (κ2) is 33.5. The van der Waals surface area contributed by atoms with Crippen LogP contribution in [0.3, 0.4) is 0 Å². The Hall–Kier alpha value is -2.03. The van der Waals surface area contributed by atoms with Crippen molar-refractivity contribution < 1.29 is 71.2 Å². The van der Waals surface area contributed by atoms with Gasteiger partial charge in [-0.1, -0.05) is 0 Å². The van der Waals surface area contributed by atoms with Crippen molar-refractivity contribution in [1.82, 2.24) is 10.6 Å². The van der Waals surface area contributed by atoms with E-state index in [0.29, 0.717) is 92.4 Å². The Labute approximate surface area is 285 Å². The minimum absolute atomic E-state index is 0.0583. The molecule has 0 radical (unpaired) electrons. The van der Waals surface area contributed by atoms with Crippen molar-refractivity contribution in [3.63, 3.8) is 0 Å². The van der Waals surface area contributed by atoms with E-state index >= 15 is 0 Å². The average Bonchev–Trinajstić information content (AvgIpc) is 3.03. The number of methoxy groups -OCH3 is 2. The number of ether oxygens (including phenoxy) is 12. The molecule has 2 amide bonds. The molecule has 17 nitrogen and oxygen atoms in total. The van der Waals surface area contributed by atoms with Crippen LogP contribution in [0.5, 0.6) is 0 Å². The van der Waals surface area contributed by atoms with Crippen molar-refractivity contribution in [2.24, 2.45) is 0 Å². The summed E-state index contributed by atoms with van der Waals surface area (Å²) in [4.78, 5) is 35.6. The van der Waals surface area contributed by atoms with Crippen LogP contribution >= 0.6 is 0 Å². The van der Waals surface area contributed by atoms with Gasteiger partial charge in [-0.25, -0.2) is 4.79 Å². The molecule has 0 aromatic carbocycles.